The van der Waals surface area contributed by atoms with Crippen LogP contribution < -0.4 is 0 Å². The van der Waals surface area contributed by atoms with E-state index in [-0.39, 0.29) is 23.5 Å². The third-order valence-corrected chi connectivity index (χ3v) is 4.82. The number of pyridine rings is 1. The lowest BCUT2D eigenvalue weighted by Crippen LogP contribution is -2.49. The van der Waals surface area contributed by atoms with Crippen molar-refractivity contribution in [2.45, 2.75) is 19.9 Å². The van der Waals surface area contributed by atoms with Crippen LogP contribution in [0.1, 0.15) is 18.9 Å². The second kappa shape index (κ2) is 6.88. The molecule has 146 valence electrons. The number of amides is 1. The molecule has 0 spiro atoms. The summed E-state index contributed by atoms with van der Waals surface area (Å²) in [5, 5.41) is 3.74. The minimum atomic E-state index is -2.96. The normalized spacial score (nSPS) is 14.7. The van der Waals surface area contributed by atoms with Gasteiger partial charge in [-0.3, -0.25) is 9.48 Å². The first-order chi connectivity index (χ1) is 13.3. The van der Waals surface area contributed by atoms with E-state index in [0.717, 1.165) is 12.1 Å². The summed E-state index contributed by atoms with van der Waals surface area (Å²) in [4.78, 5) is 18.0. The van der Waals surface area contributed by atoms with Gasteiger partial charge in [0.1, 0.15) is 17.9 Å². The summed E-state index contributed by atoms with van der Waals surface area (Å²) in [6.45, 7) is 3.18. The topological polar surface area (TPSA) is 51.0 Å². The molecular weight excluding hydrogens is 376 g/mol. The molecule has 1 saturated heterocycles. The molecule has 3 aromatic rings. The van der Waals surface area contributed by atoms with Crippen LogP contribution in [0.15, 0.2) is 30.5 Å². The highest BCUT2D eigenvalue weighted by molar-refractivity contribution is 5.83. The molecule has 2 aromatic heterocycles. The average molecular weight is 392 g/mol. The van der Waals surface area contributed by atoms with E-state index in [1.807, 2.05) is 6.92 Å². The van der Waals surface area contributed by atoms with E-state index in [1.165, 1.54) is 23.0 Å². The van der Waals surface area contributed by atoms with Gasteiger partial charge in [-0.2, -0.15) is 4.39 Å². The summed E-state index contributed by atoms with van der Waals surface area (Å²) in [7, 11) is 0. The highest BCUT2D eigenvalue weighted by Crippen LogP contribution is 2.29. The molecule has 0 unspecified atom stereocenters. The van der Waals surface area contributed by atoms with Crippen molar-refractivity contribution in [1.29, 1.82) is 0 Å². The van der Waals surface area contributed by atoms with Gasteiger partial charge in [-0.05, 0) is 29.7 Å². The molecule has 4 rings (SSSR count). The Bertz CT molecular complexity index is 1060. The minimum Gasteiger partial charge on any atom is -0.340 e. The number of aromatic nitrogens is 3. The molecule has 0 saturated carbocycles. The van der Waals surface area contributed by atoms with Crippen molar-refractivity contribution in [3.05, 3.63) is 47.8 Å². The van der Waals surface area contributed by atoms with E-state index >= 15 is 0 Å². The molecule has 1 amide bonds. The first kappa shape index (κ1) is 18.4. The zero-order valence-corrected chi connectivity index (χ0v) is 14.9. The van der Waals surface area contributed by atoms with Crippen LogP contribution in [-0.2, 0) is 11.3 Å². The molecule has 0 N–H and O–H groups in total. The van der Waals surface area contributed by atoms with Crippen molar-refractivity contribution in [2.75, 3.05) is 13.1 Å². The number of likely N-dealkylation sites (tertiary alicyclic amines) is 1. The van der Waals surface area contributed by atoms with E-state index < -0.39 is 23.8 Å². The van der Waals surface area contributed by atoms with Gasteiger partial charge in [-0.1, -0.05) is 13.0 Å². The molecule has 9 heteroatoms. The van der Waals surface area contributed by atoms with E-state index in [0.29, 0.717) is 30.1 Å². The van der Waals surface area contributed by atoms with Crippen LogP contribution in [0.25, 0.3) is 22.2 Å². The summed E-state index contributed by atoms with van der Waals surface area (Å²) in [6, 6.07) is 4.83. The third-order valence-electron chi connectivity index (χ3n) is 4.82. The van der Waals surface area contributed by atoms with E-state index in [9.17, 15) is 22.4 Å². The predicted octanol–water partition coefficient (Wildman–Crippen LogP) is 3.79. The first-order valence-corrected chi connectivity index (χ1v) is 8.71. The lowest BCUT2D eigenvalue weighted by molar-refractivity contribution is -0.137. The Labute approximate surface area is 157 Å². The Morgan fingerprint density at radius 3 is 2.64 bits per heavy atom. The standard InChI is InChI=1S/C19H16F4N4O/c1-10-7-26(8-10)16(28)9-27-15-5-12(6-24-17(15)19(23)25-27)11-2-3-14(20)13(4-11)18(21)22/h2-6,10,18H,7-9H2,1H3. The smallest absolute Gasteiger partial charge is 0.266 e. The Morgan fingerprint density at radius 2 is 1.96 bits per heavy atom. The number of rotatable bonds is 4. The fraction of sp³-hybridized carbons (Fsp3) is 0.316. The molecule has 1 aliphatic heterocycles. The van der Waals surface area contributed by atoms with Crippen molar-refractivity contribution in [1.82, 2.24) is 19.7 Å². The summed E-state index contributed by atoms with van der Waals surface area (Å²) >= 11 is 0. The van der Waals surface area contributed by atoms with Crippen LogP contribution in [0.2, 0.25) is 0 Å². The van der Waals surface area contributed by atoms with Crippen LogP contribution in [0, 0.1) is 17.7 Å². The maximum absolute atomic E-state index is 14.1. The molecule has 1 aromatic carbocycles. The predicted molar refractivity (Wildman–Crippen MR) is 93.6 cm³/mol. The van der Waals surface area contributed by atoms with Gasteiger partial charge in [0.15, 0.2) is 0 Å². The van der Waals surface area contributed by atoms with Crippen LogP contribution in [0.5, 0.6) is 0 Å². The molecular formula is C19H16F4N4O. The maximum Gasteiger partial charge on any atom is 0.266 e. The highest BCUT2D eigenvalue weighted by Gasteiger charge is 2.28. The number of carbonyl (C=O) groups is 1. The number of halogens is 4. The number of hydrogen-bond donors (Lipinski definition) is 0. The van der Waals surface area contributed by atoms with E-state index in [4.69, 9.17) is 0 Å². The number of carbonyl (C=O) groups excluding carboxylic acids is 1. The van der Waals surface area contributed by atoms with Crippen molar-refractivity contribution >= 4 is 16.9 Å². The summed E-state index contributed by atoms with van der Waals surface area (Å²) < 4.78 is 54.8. The highest BCUT2D eigenvalue weighted by atomic mass is 19.3. The van der Waals surface area contributed by atoms with Gasteiger partial charge in [0.25, 0.3) is 12.4 Å². The van der Waals surface area contributed by atoms with Gasteiger partial charge in [0.05, 0.1) is 11.1 Å². The molecule has 0 atom stereocenters. The second-order valence-corrected chi connectivity index (χ2v) is 6.98. The zero-order chi connectivity index (χ0) is 20.0. The monoisotopic (exact) mass is 392 g/mol. The van der Waals surface area contributed by atoms with Crippen LogP contribution in [-0.4, -0.2) is 38.7 Å². The van der Waals surface area contributed by atoms with Gasteiger partial charge in [-0.25, -0.2) is 18.2 Å². The number of hydrogen-bond acceptors (Lipinski definition) is 3. The molecule has 0 aliphatic carbocycles. The van der Waals surface area contributed by atoms with Gasteiger partial charge in [0.2, 0.25) is 5.91 Å². The SMILES string of the molecule is CC1CN(C(=O)Cn2nc(F)c3ncc(-c4ccc(F)c(C(F)F)c4)cc32)C1. The lowest BCUT2D eigenvalue weighted by atomic mass is 10.0. The maximum atomic E-state index is 14.1. The number of alkyl halides is 2. The van der Waals surface area contributed by atoms with Crippen molar-refractivity contribution < 1.29 is 22.4 Å². The Kier molecular flexibility index (Phi) is 4.52. The van der Waals surface area contributed by atoms with Crippen LogP contribution in [0.4, 0.5) is 17.6 Å². The lowest BCUT2D eigenvalue weighted by Gasteiger charge is -2.37. The Balaban J connectivity index is 1.70. The minimum absolute atomic E-state index is 0.0234. The van der Waals surface area contributed by atoms with Crippen molar-refractivity contribution in [3.63, 3.8) is 0 Å². The van der Waals surface area contributed by atoms with Crippen molar-refractivity contribution in [3.8, 4) is 11.1 Å². The fourth-order valence-corrected chi connectivity index (χ4v) is 3.32. The van der Waals surface area contributed by atoms with E-state index in [2.05, 4.69) is 10.1 Å². The number of fused-ring (bicyclic) bond motifs is 1. The van der Waals surface area contributed by atoms with Crippen LogP contribution >= 0.6 is 0 Å². The second-order valence-electron chi connectivity index (χ2n) is 6.98. The molecule has 5 nitrogen and oxygen atoms in total. The average Bonchev–Trinajstić information content (AvgIpc) is 2.94. The molecule has 1 aliphatic rings. The molecule has 1 fully saturated rings. The van der Waals surface area contributed by atoms with Gasteiger partial charge in [-0.15, -0.1) is 5.10 Å². The number of nitrogens with zero attached hydrogens (tertiary/aromatic N) is 4. The zero-order valence-electron chi connectivity index (χ0n) is 14.9. The number of benzene rings is 1. The Hall–Kier alpha value is -2.97. The summed E-state index contributed by atoms with van der Waals surface area (Å²) in [5.74, 6) is -1.57. The third kappa shape index (κ3) is 3.21. The quantitative estimate of drug-likeness (QED) is 0.635. The molecule has 28 heavy (non-hydrogen) atoms. The van der Waals surface area contributed by atoms with Crippen LogP contribution in [0.3, 0.4) is 0 Å². The largest absolute Gasteiger partial charge is 0.340 e. The summed E-state index contributed by atoms with van der Waals surface area (Å²) in [6.07, 6.45) is -1.66. The summed E-state index contributed by atoms with van der Waals surface area (Å²) in [5.41, 5.74) is 0.214. The van der Waals surface area contributed by atoms with Gasteiger partial charge < -0.3 is 4.90 Å². The fourth-order valence-electron chi connectivity index (χ4n) is 3.32. The molecule has 0 bridgehead atoms. The van der Waals surface area contributed by atoms with E-state index in [1.54, 1.807) is 4.90 Å². The van der Waals surface area contributed by atoms with Gasteiger partial charge >= 0.3 is 0 Å². The van der Waals surface area contributed by atoms with Gasteiger partial charge in [0, 0.05) is 24.8 Å². The Morgan fingerprint density at radius 1 is 1.21 bits per heavy atom. The first-order valence-electron chi connectivity index (χ1n) is 8.71. The van der Waals surface area contributed by atoms with Crippen molar-refractivity contribution in [2.24, 2.45) is 5.92 Å². The molecule has 0 radical (unpaired) electrons. The molecule has 3 heterocycles.